The highest BCUT2D eigenvalue weighted by Gasteiger charge is 2.06. The molecule has 0 amide bonds. The van der Waals surface area contributed by atoms with Gasteiger partial charge >= 0.3 is 5.97 Å². The fraction of sp³-hybridized carbons (Fsp3) is 0.273. The number of carbonyl (C=O) groups is 1. The van der Waals surface area contributed by atoms with E-state index in [1.807, 2.05) is 0 Å². The SMILES string of the molecule is N#Cc1c(F)cccc1NCCCC(=O)O. The van der Waals surface area contributed by atoms with Crippen LogP contribution in [0.5, 0.6) is 0 Å². The number of hydrogen-bond acceptors (Lipinski definition) is 3. The fourth-order valence-corrected chi connectivity index (χ4v) is 1.25. The molecule has 1 rings (SSSR count). The van der Waals surface area contributed by atoms with Crippen LogP contribution in [-0.2, 0) is 4.79 Å². The van der Waals surface area contributed by atoms with E-state index in [1.54, 1.807) is 12.1 Å². The Bertz CT molecular complexity index is 426. The predicted octanol–water partition coefficient (Wildman–Crippen LogP) is 1.97. The Kier molecular flexibility index (Phi) is 4.28. The lowest BCUT2D eigenvalue weighted by Crippen LogP contribution is -2.06. The maximum Gasteiger partial charge on any atom is 0.303 e. The molecule has 84 valence electrons. The van der Waals surface area contributed by atoms with Crippen LogP contribution in [0.2, 0.25) is 0 Å². The van der Waals surface area contributed by atoms with Gasteiger partial charge in [-0.1, -0.05) is 6.07 Å². The number of carboxylic acid groups (broad SMARTS) is 1. The van der Waals surface area contributed by atoms with E-state index >= 15 is 0 Å². The summed E-state index contributed by atoms with van der Waals surface area (Å²) in [6.07, 6.45) is 0.473. The highest BCUT2D eigenvalue weighted by molar-refractivity contribution is 5.66. The third kappa shape index (κ3) is 3.24. The second kappa shape index (κ2) is 5.71. The van der Waals surface area contributed by atoms with Gasteiger partial charge in [0.1, 0.15) is 17.4 Å². The summed E-state index contributed by atoms with van der Waals surface area (Å²) < 4.78 is 13.1. The van der Waals surface area contributed by atoms with Crippen LogP contribution in [0.25, 0.3) is 0 Å². The molecule has 0 unspecified atom stereocenters. The first-order valence-electron chi connectivity index (χ1n) is 4.79. The molecular weight excluding hydrogens is 211 g/mol. The van der Waals surface area contributed by atoms with Crippen molar-refractivity contribution in [3.63, 3.8) is 0 Å². The van der Waals surface area contributed by atoms with Gasteiger partial charge in [0.15, 0.2) is 0 Å². The highest BCUT2D eigenvalue weighted by Crippen LogP contribution is 2.17. The molecule has 0 aliphatic heterocycles. The summed E-state index contributed by atoms with van der Waals surface area (Å²) >= 11 is 0. The van der Waals surface area contributed by atoms with Gasteiger partial charge in [0.05, 0.1) is 5.69 Å². The van der Waals surface area contributed by atoms with Crippen LogP contribution >= 0.6 is 0 Å². The smallest absolute Gasteiger partial charge is 0.303 e. The molecule has 0 fully saturated rings. The molecule has 1 aromatic carbocycles. The second-order valence-electron chi connectivity index (χ2n) is 3.20. The summed E-state index contributed by atoms with van der Waals surface area (Å²) in [5.41, 5.74) is 0.353. The van der Waals surface area contributed by atoms with Crippen molar-refractivity contribution in [2.45, 2.75) is 12.8 Å². The zero-order valence-corrected chi connectivity index (χ0v) is 8.53. The monoisotopic (exact) mass is 222 g/mol. The van der Waals surface area contributed by atoms with Crippen LogP contribution < -0.4 is 5.32 Å². The third-order valence-electron chi connectivity index (χ3n) is 2.01. The van der Waals surface area contributed by atoms with Crippen molar-refractivity contribution in [1.82, 2.24) is 0 Å². The number of nitriles is 1. The zero-order chi connectivity index (χ0) is 12.0. The summed E-state index contributed by atoms with van der Waals surface area (Å²) in [7, 11) is 0. The van der Waals surface area contributed by atoms with Gasteiger partial charge in [0, 0.05) is 13.0 Å². The topological polar surface area (TPSA) is 73.1 Å². The van der Waals surface area contributed by atoms with Crippen molar-refractivity contribution in [3.8, 4) is 6.07 Å². The van der Waals surface area contributed by atoms with Gasteiger partial charge in [-0.25, -0.2) is 4.39 Å². The van der Waals surface area contributed by atoms with Crippen molar-refractivity contribution in [2.75, 3.05) is 11.9 Å². The number of halogens is 1. The molecule has 0 heterocycles. The number of nitrogens with zero attached hydrogens (tertiary/aromatic N) is 1. The zero-order valence-electron chi connectivity index (χ0n) is 8.53. The summed E-state index contributed by atoms with van der Waals surface area (Å²) in [5, 5.41) is 20.0. The quantitative estimate of drug-likeness (QED) is 0.747. The van der Waals surface area contributed by atoms with Crippen molar-refractivity contribution < 1.29 is 14.3 Å². The van der Waals surface area contributed by atoms with Crippen LogP contribution in [0.1, 0.15) is 18.4 Å². The second-order valence-corrected chi connectivity index (χ2v) is 3.20. The summed E-state index contributed by atoms with van der Waals surface area (Å²) in [6.45, 7) is 0.393. The standard InChI is InChI=1S/C11H11FN2O2/c12-9-3-1-4-10(8(9)7-13)14-6-2-5-11(15)16/h1,3-4,14H,2,5-6H2,(H,15,16). The molecule has 0 spiro atoms. The minimum atomic E-state index is -0.874. The van der Waals surface area contributed by atoms with E-state index < -0.39 is 11.8 Å². The number of nitrogens with one attached hydrogen (secondary N) is 1. The van der Waals surface area contributed by atoms with E-state index in [0.717, 1.165) is 0 Å². The van der Waals surface area contributed by atoms with E-state index in [2.05, 4.69) is 5.32 Å². The van der Waals surface area contributed by atoms with E-state index in [0.29, 0.717) is 18.7 Å². The van der Waals surface area contributed by atoms with Crippen LogP contribution in [0.4, 0.5) is 10.1 Å². The van der Waals surface area contributed by atoms with Gasteiger partial charge < -0.3 is 10.4 Å². The van der Waals surface area contributed by atoms with Crippen LogP contribution in [0.3, 0.4) is 0 Å². The average Bonchev–Trinajstić information content (AvgIpc) is 2.24. The van der Waals surface area contributed by atoms with Crippen LogP contribution in [-0.4, -0.2) is 17.6 Å². The number of aliphatic carboxylic acids is 1. The molecule has 0 aliphatic rings. The van der Waals surface area contributed by atoms with E-state index in [1.165, 1.54) is 12.1 Å². The van der Waals surface area contributed by atoms with Crippen LogP contribution in [0, 0.1) is 17.1 Å². The lowest BCUT2D eigenvalue weighted by Gasteiger charge is -2.07. The van der Waals surface area contributed by atoms with E-state index in [9.17, 15) is 9.18 Å². The molecule has 0 aromatic heterocycles. The lowest BCUT2D eigenvalue weighted by atomic mass is 10.2. The van der Waals surface area contributed by atoms with Crippen molar-refractivity contribution >= 4 is 11.7 Å². The molecule has 0 saturated carbocycles. The number of hydrogen-bond donors (Lipinski definition) is 2. The molecule has 1 aromatic rings. The Morgan fingerprint density at radius 3 is 2.94 bits per heavy atom. The molecule has 0 bridgehead atoms. The first-order valence-corrected chi connectivity index (χ1v) is 4.79. The van der Waals surface area contributed by atoms with Gasteiger partial charge in [-0.3, -0.25) is 4.79 Å². The normalized spacial score (nSPS) is 9.50. The van der Waals surface area contributed by atoms with Gasteiger partial charge in [-0.2, -0.15) is 5.26 Å². The maximum absolute atomic E-state index is 13.1. The van der Waals surface area contributed by atoms with Crippen molar-refractivity contribution in [1.29, 1.82) is 5.26 Å². The maximum atomic E-state index is 13.1. The minimum Gasteiger partial charge on any atom is -0.481 e. The third-order valence-corrected chi connectivity index (χ3v) is 2.01. The Hall–Kier alpha value is -2.09. The first-order chi connectivity index (χ1) is 7.65. The van der Waals surface area contributed by atoms with E-state index in [-0.39, 0.29) is 12.0 Å². The first kappa shape index (κ1) is 12.0. The van der Waals surface area contributed by atoms with Crippen molar-refractivity contribution in [2.24, 2.45) is 0 Å². The molecule has 5 heteroatoms. The minimum absolute atomic E-state index is 0.0437. The van der Waals surface area contributed by atoms with Crippen LogP contribution in [0.15, 0.2) is 18.2 Å². The van der Waals surface area contributed by atoms with E-state index in [4.69, 9.17) is 10.4 Å². The number of carboxylic acids is 1. The number of rotatable bonds is 5. The Balaban J connectivity index is 2.58. The lowest BCUT2D eigenvalue weighted by molar-refractivity contribution is -0.137. The Labute approximate surface area is 92.3 Å². The Morgan fingerprint density at radius 1 is 1.56 bits per heavy atom. The van der Waals surface area contributed by atoms with Gasteiger partial charge in [0.25, 0.3) is 0 Å². The summed E-state index contributed by atoms with van der Waals surface area (Å²) in [4.78, 5) is 10.2. The number of benzene rings is 1. The molecule has 4 nitrogen and oxygen atoms in total. The summed E-state index contributed by atoms with van der Waals surface area (Å²) in [5.74, 6) is -1.45. The predicted molar refractivity (Wildman–Crippen MR) is 56.5 cm³/mol. The largest absolute Gasteiger partial charge is 0.481 e. The molecule has 0 saturated heterocycles. The molecular formula is C11H11FN2O2. The molecule has 0 radical (unpaired) electrons. The Morgan fingerprint density at radius 2 is 2.31 bits per heavy atom. The molecule has 16 heavy (non-hydrogen) atoms. The molecule has 0 aliphatic carbocycles. The summed E-state index contributed by atoms with van der Waals surface area (Å²) in [6, 6.07) is 6.05. The highest BCUT2D eigenvalue weighted by atomic mass is 19.1. The van der Waals surface area contributed by atoms with Gasteiger partial charge in [0.2, 0.25) is 0 Å². The van der Waals surface area contributed by atoms with Gasteiger partial charge in [-0.15, -0.1) is 0 Å². The average molecular weight is 222 g/mol. The number of anilines is 1. The molecule has 2 N–H and O–H groups in total. The molecule has 0 atom stereocenters. The van der Waals surface area contributed by atoms with Gasteiger partial charge in [-0.05, 0) is 18.6 Å². The fourth-order valence-electron chi connectivity index (χ4n) is 1.25. The van der Waals surface area contributed by atoms with Crippen molar-refractivity contribution in [3.05, 3.63) is 29.6 Å².